The summed E-state index contributed by atoms with van der Waals surface area (Å²) in [6.45, 7) is 0. The SMILES string of the molecule is COc1ccc([C@@H]2C3=C(Nc4ncnn42)c2ccccc2O[C@H]3c2ccccc2)cc1. The van der Waals surface area contributed by atoms with E-state index in [4.69, 9.17) is 9.47 Å². The Kier molecular flexibility index (Phi) is 4.02. The molecule has 3 heterocycles. The van der Waals surface area contributed by atoms with Crippen LogP contribution in [0, 0.1) is 0 Å². The summed E-state index contributed by atoms with van der Waals surface area (Å²) in [4.78, 5) is 4.47. The Bertz CT molecular complexity index is 1280. The number of hydrogen-bond donors (Lipinski definition) is 1. The quantitative estimate of drug-likeness (QED) is 0.525. The van der Waals surface area contributed by atoms with Gasteiger partial charge in [-0.15, -0.1) is 0 Å². The summed E-state index contributed by atoms with van der Waals surface area (Å²) in [7, 11) is 1.67. The molecule has 2 aliphatic rings. The molecule has 1 N–H and O–H groups in total. The molecule has 0 amide bonds. The number of para-hydroxylation sites is 1. The van der Waals surface area contributed by atoms with Crippen molar-refractivity contribution >= 4 is 11.6 Å². The van der Waals surface area contributed by atoms with E-state index in [0.717, 1.165) is 39.5 Å². The highest BCUT2D eigenvalue weighted by atomic mass is 16.5. The summed E-state index contributed by atoms with van der Waals surface area (Å²) in [5.74, 6) is 2.38. The van der Waals surface area contributed by atoms with E-state index < -0.39 is 0 Å². The van der Waals surface area contributed by atoms with Crippen LogP contribution in [0.2, 0.25) is 0 Å². The molecule has 2 atom stereocenters. The van der Waals surface area contributed by atoms with Gasteiger partial charge < -0.3 is 14.8 Å². The summed E-state index contributed by atoms with van der Waals surface area (Å²) in [6, 6.07) is 26.4. The Labute approximate surface area is 179 Å². The zero-order chi connectivity index (χ0) is 20.8. The molecule has 6 rings (SSSR count). The van der Waals surface area contributed by atoms with Gasteiger partial charge in [0.15, 0.2) is 0 Å². The average Bonchev–Trinajstić information content (AvgIpc) is 3.31. The molecule has 2 aliphatic heterocycles. The topological polar surface area (TPSA) is 61.2 Å². The molecule has 1 aromatic heterocycles. The van der Waals surface area contributed by atoms with Gasteiger partial charge in [0.25, 0.3) is 0 Å². The fourth-order valence-corrected chi connectivity index (χ4v) is 4.43. The van der Waals surface area contributed by atoms with Crippen LogP contribution in [0.4, 0.5) is 5.95 Å². The van der Waals surface area contributed by atoms with Crippen molar-refractivity contribution in [3.8, 4) is 11.5 Å². The minimum atomic E-state index is -0.261. The van der Waals surface area contributed by atoms with Gasteiger partial charge in [0.05, 0.1) is 12.8 Å². The van der Waals surface area contributed by atoms with Gasteiger partial charge in [-0.1, -0.05) is 54.6 Å². The maximum atomic E-state index is 6.59. The smallest absolute Gasteiger partial charge is 0.226 e. The summed E-state index contributed by atoms with van der Waals surface area (Å²) >= 11 is 0. The van der Waals surface area contributed by atoms with Crippen molar-refractivity contribution < 1.29 is 9.47 Å². The normalized spacial score (nSPS) is 18.9. The second kappa shape index (κ2) is 7.02. The summed E-state index contributed by atoms with van der Waals surface area (Å²) < 4.78 is 13.9. The lowest BCUT2D eigenvalue weighted by Gasteiger charge is -2.39. The Morgan fingerprint density at radius 3 is 2.48 bits per heavy atom. The molecule has 6 nitrogen and oxygen atoms in total. The van der Waals surface area contributed by atoms with Crippen LogP contribution in [0.15, 0.2) is 90.8 Å². The Balaban J connectivity index is 1.61. The van der Waals surface area contributed by atoms with Gasteiger partial charge >= 0.3 is 0 Å². The molecular weight excluding hydrogens is 388 g/mol. The van der Waals surface area contributed by atoms with E-state index in [-0.39, 0.29) is 12.1 Å². The third kappa shape index (κ3) is 2.79. The number of ether oxygens (including phenoxy) is 2. The lowest BCUT2D eigenvalue weighted by molar-refractivity contribution is 0.223. The molecule has 152 valence electrons. The number of rotatable bonds is 3. The highest BCUT2D eigenvalue weighted by Crippen LogP contribution is 2.50. The molecule has 0 spiro atoms. The Morgan fingerprint density at radius 1 is 0.903 bits per heavy atom. The van der Waals surface area contributed by atoms with E-state index in [9.17, 15) is 0 Å². The minimum absolute atomic E-state index is 0.168. The van der Waals surface area contributed by atoms with Crippen LogP contribution in [0.3, 0.4) is 0 Å². The molecule has 0 saturated carbocycles. The largest absolute Gasteiger partial charge is 0.497 e. The Hall–Kier alpha value is -4.06. The standard InChI is InChI=1S/C25H20N4O2/c1-30-18-13-11-16(12-14-18)23-21-22(28-25-26-15-27-29(23)25)19-9-5-6-10-20(19)31-24(21)17-7-3-2-4-8-17/h2-15,23-24H,1H3,(H,26,27,28)/t23-,24+/m1/s1. The van der Waals surface area contributed by atoms with Crippen LogP contribution in [0.25, 0.3) is 5.70 Å². The summed E-state index contributed by atoms with van der Waals surface area (Å²) in [5.41, 5.74) is 5.33. The number of nitrogens with one attached hydrogen (secondary N) is 1. The molecule has 0 radical (unpaired) electrons. The zero-order valence-electron chi connectivity index (χ0n) is 16.9. The molecule has 4 aromatic rings. The molecular formula is C25H20N4O2. The molecule has 0 unspecified atom stereocenters. The van der Waals surface area contributed by atoms with Crippen molar-refractivity contribution in [2.45, 2.75) is 12.1 Å². The van der Waals surface area contributed by atoms with Gasteiger partial charge in [0, 0.05) is 11.1 Å². The van der Waals surface area contributed by atoms with Gasteiger partial charge in [-0.2, -0.15) is 10.1 Å². The first kappa shape index (κ1) is 17.8. The van der Waals surface area contributed by atoms with E-state index in [1.54, 1.807) is 13.4 Å². The van der Waals surface area contributed by atoms with Gasteiger partial charge in [0.1, 0.15) is 30.0 Å². The predicted octanol–water partition coefficient (Wildman–Crippen LogP) is 4.85. The van der Waals surface area contributed by atoms with E-state index in [1.807, 2.05) is 53.2 Å². The second-order valence-electron chi connectivity index (χ2n) is 7.56. The number of benzene rings is 3. The van der Waals surface area contributed by atoms with Gasteiger partial charge in [0.2, 0.25) is 5.95 Å². The third-order valence-corrected chi connectivity index (χ3v) is 5.86. The molecule has 0 bridgehead atoms. The van der Waals surface area contributed by atoms with E-state index >= 15 is 0 Å². The predicted molar refractivity (Wildman–Crippen MR) is 118 cm³/mol. The number of hydrogen-bond acceptors (Lipinski definition) is 5. The fraction of sp³-hybridized carbons (Fsp3) is 0.120. The first-order valence-corrected chi connectivity index (χ1v) is 10.2. The molecule has 3 aromatic carbocycles. The number of nitrogens with zero attached hydrogens (tertiary/aromatic N) is 3. The van der Waals surface area contributed by atoms with Crippen LogP contribution >= 0.6 is 0 Å². The molecule has 6 heteroatoms. The highest BCUT2D eigenvalue weighted by Gasteiger charge is 2.40. The van der Waals surface area contributed by atoms with Crippen molar-refractivity contribution in [2.24, 2.45) is 0 Å². The Morgan fingerprint density at radius 2 is 1.68 bits per heavy atom. The lowest BCUT2D eigenvalue weighted by atomic mass is 9.84. The summed E-state index contributed by atoms with van der Waals surface area (Å²) in [6.07, 6.45) is 1.32. The molecule has 31 heavy (non-hydrogen) atoms. The number of aromatic nitrogens is 3. The first-order chi connectivity index (χ1) is 15.3. The van der Waals surface area contributed by atoms with Crippen molar-refractivity contribution in [2.75, 3.05) is 12.4 Å². The van der Waals surface area contributed by atoms with Crippen molar-refractivity contribution in [3.05, 3.63) is 107 Å². The zero-order valence-corrected chi connectivity index (χ0v) is 16.9. The highest BCUT2D eigenvalue weighted by molar-refractivity contribution is 5.85. The van der Waals surface area contributed by atoms with Crippen molar-refractivity contribution in [1.29, 1.82) is 0 Å². The second-order valence-corrected chi connectivity index (χ2v) is 7.56. The first-order valence-electron chi connectivity index (χ1n) is 10.2. The van der Waals surface area contributed by atoms with Crippen LogP contribution in [-0.4, -0.2) is 21.9 Å². The monoisotopic (exact) mass is 408 g/mol. The fourth-order valence-electron chi connectivity index (χ4n) is 4.43. The molecule has 0 aliphatic carbocycles. The minimum Gasteiger partial charge on any atom is -0.497 e. The van der Waals surface area contributed by atoms with E-state index in [0.29, 0.717) is 5.95 Å². The average molecular weight is 408 g/mol. The van der Waals surface area contributed by atoms with E-state index in [2.05, 4.69) is 45.7 Å². The van der Waals surface area contributed by atoms with Gasteiger partial charge in [-0.05, 0) is 35.4 Å². The van der Waals surface area contributed by atoms with Crippen LogP contribution in [0.1, 0.15) is 28.8 Å². The third-order valence-electron chi connectivity index (χ3n) is 5.86. The maximum Gasteiger partial charge on any atom is 0.226 e. The van der Waals surface area contributed by atoms with Crippen LogP contribution in [0.5, 0.6) is 11.5 Å². The lowest BCUT2D eigenvalue weighted by Crippen LogP contribution is -2.32. The number of anilines is 1. The van der Waals surface area contributed by atoms with Gasteiger partial charge in [-0.25, -0.2) is 4.68 Å². The maximum absolute atomic E-state index is 6.59. The van der Waals surface area contributed by atoms with E-state index in [1.165, 1.54) is 0 Å². The molecule has 0 saturated heterocycles. The van der Waals surface area contributed by atoms with Gasteiger partial charge in [-0.3, -0.25) is 0 Å². The number of methoxy groups -OCH3 is 1. The summed E-state index contributed by atoms with van der Waals surface area (Å²) in [5, 5.41) is 8.08. The van der Waals surface area contributed by atoms with Crippen LogP contribution in [-0.2, 0) is 0 Å². The van der Waals surface area contributed by atoms with Crippen molar-refractivity contribution in [1.82, 2.24) is 14.8 Å². The van der Waals surface area contributed by atoms with Crippen molar-refractivity contribution in [3.63, 3.8) is 0 Å². The number of fused-ring (bicyclic) bond motifs is 3. The molecule has 0 fully saturated rings. The van der Waals surface area contributed by atoms with Crippen LogP contribution < -0.4 is 14.8 Å².